The van der Waals surface area contributed by atoms with Gasteiger partial charge < -0.3 is 9.80 Å². The first-order valence-electron chi connectivity index (χ1n) is 9.27. The van der Waals surface area contributed by atoms with Gasteiger partial charge in [0.25, 0.3) is 0 Å². The minimum Gasteiger partial charge on any atom is -0.357 e. The molecule has 1 aliphatic carbocycles. The lowest BCUT2D eigenvalue weighted by molar-refractivity contribution is -0.940. The van der Waals surface area contributed by atoms with Gasteiger partial charge in [-0.25, -0.2) is 0 Å². The highest BCUT2D eigenvalue weighted by molar-refractivity contribution is 5.84. The highest BCUT2D eigenvalue weighted by Gasteiger charge is 2.67. The third kappa shape index (κ3) is 1.42. The van der Waals surface area contributed by atoms with Gasteiger partial charge in [-0.05, 0) is 31.1 Å². The van der Waals surface area contributed by atoms with Crippen LogP contribution in [-0.4, -0.2) is 36.4 Å². The highest BCUT2D eigenvalue weighted by atomic mass is 16.1. The number of nitrogens with one attached hydrogen (secondary N) is 1. The number of para-hydroxylation sites is 1. The van der Waals surface area contributed by atoms with E-state index in [0.29, 0.717) is 12.0 Å². The Morgan fingerprint density at radius 2 is 2.21 bits per heavy atom. The lowest BCUT2D eigenvalue weighted by Gasteiger charge is -2.53. The monoisotopic (exact) mass is 321 g/mol. The van der Waals surface area contributed by atoms with Gasteiger partial charge in [0.05, 0.1) is 18.5 Å². The van der Waals surface area contributed by atoms with Crippen LogP contribution in [0.15, 0.2) is 47.2 Å². The molecule has 3 heteroatoms. The van der Waals surface area contributed by atoms with Gasteiger partial charge in [0, 0.05) is 35.7 Å². The zero-order valence-corrected chi connectivity index (χ0v) is 14.5. The molecule has 3 aliphatic heterocycles. The molecule has 0 unspecified atom stereocenters. The summed E-state index contributed by atoms with van der Waals surface area (Å²) >= 11 is 0. The van der Waals surface area contributed by atoms with Gasteiger partial charge in [-0.3, -0.25) is 4.79 Å². The molecule has 3 nitrogen and oxygen atoms in total. The summed E-state index contributed by atoms with van der Waals surface area (Å²) in [7, 11) is 0. The summed E-state index contributed by atoms with van der Waals surface area (Å²) in [6, 6.07) is 9.33. The molecule has 24 heavy (non-hydrogen) atoms. The van der Waals surface area contributed by atoms with Crippen LogP contribution in [0.3, 0.4) is 0 Å². The Balaban J connectivity index is 1.84. The number of piperidine rings is 1. The molecule has 2 saturated heterocycles. The molecule has 5 rings (SSSR count). The third-order valence-corrected chi connectivity index (χ3v) is 7.49. The second-order valence-corrected chi connectivity index (χ2v) is 7.92. The lowest BCUT2D eigenvalue weighted by atomic mass is 9.61. The number of hydrogen-bond acceptors (Lipinski definition) is 2. The smallest absolute Gasteiger partial charge is 0.148 e. The fraction of sp³-hybridized carbons (Fsp3) is 0.476. The van der Waals surface area contributed by atoms with E-state index in [0.717, 1.165) is 31.2 Å². The topological polar surface area (TPSA) is 29.1 Å². The van der Waals surface area contributed by atoms with E-state index in [4.69, 9.17) is 0 Å². The average molecular weight is 321 g/mol. The van der Waals surface area contributed by atoms with Crippen molar-refractivity contribution in [1.82, 2.24) is 0 Å². The number of allylic oxidation sites excluding steroid dienone is 2. The molecule has 0 aromatic heterocycles. The van der Waals surface area contributed by atoms with Crippen molar-refractivity contribution in [2.75, 3.05) is 25.0 Å². The van der Waals surface area contributed by atoms with Crippen LogP contribution in [0, 0.1) is 5.92 Å². The highest BCUT2D eigenvalue weighted by Crippen LogP contribution is 2.63. The Labute approximate surface area is 143 Å². The normalized spacial score (nSPS) is 40.3. The van der Waals surface area contributed by atoms with Crippen molar-refractivity contribution in [3.63, 3.8) is 0 Å². The predicted molar refractivity (Wildman–Crippen MR) is 95.6 cm³/mol. The minimum atomic E-state index is 0.0403. The van der Waals surface area contributed by atoms with Crippen LogP contribution in [0.1, 0.15) is 32.3 Å². The molecule has 124 valence electrons. The summed E-state index contributed by atoms with van der Waals surface area (Å²) in [5.41, 5.74) is 6.41. The standard InChI is InChI=1S/C21H24N2O/c1-3-14-12-23(4-2)10-9-21-17-7-5-6-8-18(17)22-20(21)16(13-24)15(14)11-19(21)23/h3,5-8,13,15,19H,4,9-12H2,1-2H3/p+1/b14-3-/t15-,19-,21+,23+/m0/s1. The van der Waals surface area contributed by atoms with Crippen molar-refractivity contribution in [1.29, 1.82) is 0 Å². The third-order valence-electron chi connectivity index (χ3n) is 7.49. The van der Waals surface area contributed by atoms with Crippen molar-refractivity contribution in [3.8, 4) is 0 Å². The molecule has 3 heterocycles. The van der Waals surface area contributed by atoms with Crippen LogP contribution >= 0.6 is 0 Å². The van der Waals surface area contributed by atoms with Crippen LogP contribution < -0.4 is 5.32 Å². The van der Waals surface area contributed by atoms with Crippen LogP contribution in [0.5, 0.6) is 0 Å². The first kappa shape index (κ1) is 14.5. The molecule has 1 aromatic carbocycles. The number of nitrogens with zero attached hydrogens (tertiary/aromatic N) is 1. The molecule has 4 atom stereocenters. The maximum absolute atomic E-state index is 12.1. The molecular formula is C21H25N2O+. The summed E-state index contributed by atoms with van der Waals surface area (Å²) in [5.74, 6) is 0.318. The van der Waals surface area contributed by atoms with Gasteiger partial charge >= 0.3 is 0 Å². The number of carbonyl (C=O) groups is 1. The van der Waals surface area contributed by atoms with Crippen LogP contribution in [0.4, 0.5) is 5.69 Å². The molecule has 1 N–H and O–H groups in total. The molecule has 4 aliphatic rings. The molecule has 1 spiro atoms. The van der Waals surface area contributed by atoms with E-state index in [-0.39, 0.29) is 5.41 Å². The van der Waals surface area contributed by atoms with Crippen molar-refractivity contribution >= 4 is 12.0 Å². The number of aldehydes is 1. The number of fused-ring (bicyclic) bond motifs is 2. The van der Waals surface area contributed by atoms with Gasteiger partial charge in [-0.1, -0.05) is 24.3 Å². The molecule has 0 radical (unpaired) electrons. The molecule has 0 saturated carbocycles. The molecular weight excluding hydrogens is 296 g/mol. The van der Waals surface area contributed by atoms with Crippen molar-refractivity contribution in [3.05, 3.63) is 52.7 Å². The zero-order chi connectivity index (χ0) is 16.5. The number of likely N-dealkylation sites (N-methyl/N-ethyl adjacent to an activating group) is 1. The first-order chi connectivity index (χ1) is 11.7. The van der Waals surface area contributed by atoms with Gasteiger partial charge in [-0.2, -0.15) is 0 Å². The molecule has 2 bridgehead atoms. The van der Waals surface area contributed by atoms with Gasteiger partial charge in [0.1, 0.15) is 18.9 Å². The Kier molecular flexibility index (Phi) is 2.78. The van der Waals surface area contributed by atoms with Gasteiger partial charge in [0.15, 0.2) is 0 Å². The Hall–Kier alpha value is -1.87. The van der Waals surface area contributed by atoms with Crippen LogP contribution in [0.2, 0.25) is 0 Å². The number of benzene rings is 1. The van der Waals surface area contributed by atoms with E-state index >= 15 is 0 Å². The largest absolute Gasteiger partial charge is 0.357 e. The maximum atomic E-state index is 12.1. The number of anilines is 1. The number of carbonyl (C=O) groups excluding carboxylic acids is 1. The van der Waals surface area contributed by atoms with E-state index in [2.05, 4.69) is 49.5 Å². The Morgan fingerprint density at radius 3 is 2.96 bits per heavy atom. The van der Waals surface area contributed by atoms with Gasteiger partial charge in [0.2, 0.25) is 0 Å². The predicted octanol–water partition coefficient (Wildman–Crippen LogP) is 3.39. The fourth-order valence-corrected chi connectivity index (χ4v) is 6.37. The van der Waals surface area contributed by atoms with Gasteiger partial charge in [-0.15, -0.1) is 0 Å². The summed E-state index contributed by atoms with van der Waals surface area (Å²) in [6.45, 7) is 8.01. The lowest BCUT2D eigenvalue weighted by Crippen LogP contribution is -2.63. The van der Waals surface area contributed by atoms with E-state index in [1.54, 1.807) is 0 Å². The SMILES string of the molecule is C/C=C1/C[N@@+]2(CC)CC[C@]34C(=C(C=O)[C@H]1C[C@@H]32)Nc1ccccc14. The Morgan fingerprint density at radius 1 is 1.38 bits per heavy atom. The summed E-state index contributed by atoms with van der Waals surface area (Å²) in [6.07, 6.45) is 5.70. The summed E-state index contributed by atoms with van der Waals surface area (Å²) < 4.78 is 1.20. The first-order valence-corrected chi connectivity index (χ1v) is 9.27. The second-order valence-electron chi connectivity index (χ2n) is 7.92. The molecule has 1 aromatic rings. The number of rotatable bonds is 2. The fourth-order valence-electron chi connectivity index (χ4n) is 6.37. The van der Waals surface area contributed by atoms with Crippen LogP contribution in [-0.2, 0) is 10.2 Å². The summed E-state index contributed by atoms with van der Waals surface area (Å²) in [4.78, 5) is 12.1. The summed E-state index contributed by atoms with van der Waals surface area (Å²) in [5, 5.41) is 3.68. The van der Waals surface area contributed by atoms with E-state index < -0.39 is 0 Å². The van der Waals surface area contributed by atoms with Crippen molar-refractivity contribution in [2.45, 2.75) is 38.1 Å². The van der Waals surface area contributed by atoms with Crippen molar-refractivity contribution in [2.24, 2.45) is 5.92 Å². The van der Waals surface area contributed by atoms with Crippen LogP contribution in [0.25, 0.3) is 0 Å². The van der Waals surface area contributed by atoms with E-state index in [9.17, 15) is 4.79 Å². The minimum absolute atomic E-state index is 0.0403. The zero-order valence-electron chi connectivity index (χ0n) is 14.5. The van der Waals surface area contributed by atoms with E-state index in [1.165, 1.54) is 40.1 Å². The molecule has 2 fully saturated rings. The molecule has 0 amide bonds. The number of quaternary nitrogens is 1. The second kappa shape index (κ2) is 4.60. The maximum Gasteiger partial charge on any atom is 0.148 e. The van der Waals surface area contributed by atoms with Crippen molar-refractivity contribution < 1.29 is 9.28 Å². The number of hydrogen-bond donors (Lipinski definition) is 1. The quantitative estimate of drug-likeness (QED) is 0.514. The average Bonchev–Trinajstić information content (AvgIpc) is 3.15. The van der Waals surface area contributed by atoms with E-state index in [1.807, 2.05) is 0 Å². The Bertz CT molecular complexity index is 808.